The highest BCUT2D eigenvalue weighted by Gasteiger charge is 2.56. The highest BCUT2D eigenvalue weighted by Crippen LogP contribution is 2.50. The molecule has 5 nitrogen and oxygen atoms in total. The molecular formula is C18H25NO4. The van der Waals surface area contributed by atoms with Crippen molar-refractivity contribution < 1.29 is 19.4 Å². The van der Waals surface area contributed by atoms with Crippen molar-refractivity contribution >= 4 is 5.91 Å². The molecule has 0 aromatic heterocycles. The van der Waals surface area contributed by atoms with Crippen LogP contribution in [0, 0.1) is 12.3 Å². The van der Waals surface area contributed by atoms with Crippen molar-refractivity contribution in [1.29, 1.82) is 0 Å². The maximum atomic E-state index is 12.7. The second-order valence-corrected chi connectivity index (χ2v) is 6.69. The zero-order chi connectivity index (χ0) is 16.6. The molecule has 0 unspecified atom stereocenters. The number of aliphatic hydroxyl groups excluding tert-OH is 1. The molecule has 5 heteroatoms. The van der Waals surface area contributed by atoms with Gasteiger partial charge in [0.1, 0.15) is 5.75 Å². The third kappa shape index (κ3) is 2.62. The number of nitrogens with zero attached hydrogens (tertiary/aromatic N) is 1. The summed E-state index contributed by atoms with van der Waals surface area (Å²) in [4.78, 5) is 14.6. The van der Waals surface area contributed by atoms with E-state index in [1.54, 1.807) is 14.2 Å². The molecule has 1 aliphatic carbocycles. The minimum Gasteiger partial charge on any atom is -0.496 e. The van der Waals surface area contributed by atoms with E-state index in [1.165, 1.54) is 0 Å². The van der Waals surface area contributed by atoms with Gasteiger partial charge in [-0.3, -0.25) is 4.79 Å². The van der Waals surface area contributed by atoms with Gasteiger partial charge in [-0.15, -0.1) is 0 Å². The topological polar surface area (TPSA) is 59.0 Å². The molecule has 1 saturated carbocycles. The number of carbonyl (C=O) groups excluding carboxylic acids is 1. The first-order valence-corrected chi connectivity index (χ1v) is 8.16. The zero-order valence-corrected chi connectivity index (χ0v) is 14.0. The number of amides is 1. The van der Waals surface area contributed by atoms with Gasteiger partial charge in [-0.1, -0.05) is 0 Å². The van der Waals surface area contributed by atoms with Crippen LogP contribution < -0.4 is 4.74 Å². The number of hydrogen-bond acceptors (Lipinski definition) is 4. The Morgan fingerprint density at radius 3 is 2.52 bits per heavy atom. The molecule has 2 atom stereocenters. The average molecular weight is 319 g/mol. The number of carbonyl (C=O) groups is 1. The number of aliphatic hydroxyl groups is 1. The Hall–Kier alpha value is -1.59. The van der Waals surface area contributed by atoms with E-state index in [2.05, 4.69) is 0 Å². The van der Waals surface area contributed by atoms with Gasteiger partial charge >= 0.3 is 0 Å². The molecule has 1 N–H and O–H groups in total. The van der Waals surface area contributed by atoms with Crippen LogP contribution in [0.3, 0.4) is 0 Å². The van der Waals surface area contributed by atoms with Gasteiger partial charge < -0.3 is 19.5 Å². The minimum absolute atomic E-state index is 0.0494. The second kappa shape index (κ2) is 6.13. The van der Waals surface area contributed by atoms with E-state index in [0.29, 0.717) is 25.1 Å². The summed E-state index contributed by atoms with van der Waals surface area (Å²) >= 11 is 0. The van der Waals surface area contributed by atoms with E-state index in [9.17, 15) is 9.90 Å². The van der Waals surface area contributed by atoms with E-state index >= 15 is 0 Å². The fourth-order valence-corrected chi connectivity index (χ4v) is 4.03. The van der Waals surface area contributed by atoms with Crippen molar-refractivity contribution in [3.63, 3.8) is 0 Å². The van der Waals surface area contributed by atoms with Crippen molar-refractivity contribution in [3.8, 4) is 5.75 Å². The van der Waals surface area contributed by atoms with E-state index in [-0.39, 0.29) is 23.5 Å². The third-order valence-corrected chi connectivity index (χ3v) is 5.65. The van der Waals surface area contributed by atoms with Crippen molar-refractivity contribution in [1.82, 2.24) is 4.90 Å². The van der Waals surface area contributed by atoms with Crippen LogP contribution in [0.25, 0.3) is 0 Å². The van der Waals surface area contributed by atoms with Crippen LogP contribution in [-0.4, -0.2) is 55.4 Å². The number of rotatable bonds is 3. The van der Waals surface area contributed by atoms with Gasteiger partial charge in [-0.25, -0.2) is 0 Å². The minimum atomic E-state index is -0.298. The fraction of sp³-hybridized carbons (Fsp3) is 0.611. The highest BCUT2D eigenvalue weighted by atomic mass is 16.5. The number of methoxy groups -OCH3 is 2. The summed E-state index contributed by atoms with van der Waals surface area (Å²) < 4.78 is 10.7. The lowest BCUT2D eigenvalue weighted by Gasteiger charge is -2.56. The average Bonchev–Trinajstić information content (AvgIpc) is 2.58. The van der Waals surface area contributed by atoms with Crippen molar-refractivity contribution in [3.05, 3.63) is 29.3 Å². The van der Waals surface area contributed by atoms with Gasteiger partial charge in [-0.05, 0) is 43.5 Å². The maximum absolute atomic E-state index is 12.7. The lowest BCUT2D eigenvalue weighted by molar-refractivity contribution is -0.199. The largest absolute Gasteiger partial charge is 0.496 e. The number of likely N-dealkylation sites (tertiary alicyclic amines) is 1. The standard InChI is InChI=1S/C18H25NO4/c1-12-10-13(4-5-14(12)22-2)17(21)19-8-6-18(7-9-19)15(20)11-16(18)23-3/h4-5,10,15-16,20H,6-9,11H2,1-3H3/t15-,16+/m0/s1. The number of hydrogen-bond donors (Lipinski definition) is 1. The predicted octanol–water partition coefficient (Wildman–Crippen LogP) is 2.01. The lowest BCUT2D eigenvalue weighted by Crippen LogP contribution is -2.62. The van der Waals surface area contributed by atoms with Crippen LogP contribution in [0.2, 0.25) is 0 Å². The Morgan fingerprint density at radius 2 is 2.00 bits per heavy atom. The number of piperidine rings is 1. The molecule has 3 rings (SSSR count). The quantitative estimate of drug-likeness (QED) is 0.926. The molecular weight excluding hydrogens is 294 g/mol. The van der Waals surface area contributed by atoms with Crippen LogP contribution in [0.5, 0.6) is 5.75 Å². The zero-order valence-electron chi connectivity index (χ0n) is 14.0. The summed E-state index contributed by atoms with van der Waals surface area (Å²) in [5.74, 6) is 0.841. The summed E-state index contributed by atoms with van der Waals surface area (Å²) in [6.45, 7) is 3.27. The molecule has 1 aromatic carbocycles. The smallest absolute Gasteiger partial charge is 0.253 e. The van der Waals surface area contributed by atoms with E-state index in [0.717, 1.165) is 24.2 Å². The Bertz CT molecular complexity index is 593. The molecule has 126 valence electrons. The highest BCUT2D eigenvalue weighted by molar-refractivity contribution is 5.94. The van der Waals surface area contributed by atoms with Crippen LogP contribution in [-0.2, 0) is 4.74 Å². The maximum Gasteiger partial charge on any atom is 0.253 e. The number of ether oxygens (including phenoxy) is 2. The molecule has 1 saturated heterocycles. The normalized spacial score (nSPS) is 26.0. The molecule has 1 aromatic rings. The Morgan fingerprint density at radius 1 is 1.30 bits per heavy atom. The number of aryl methyl sites for hydroxylation is 1. The first kappa shape index (κ1) is 16.3. The van der Waals surface area contributed by atoms with Crippen LogP contribution in [0.1, 0.15) is 35.2 Å². The van der Waals surface area contributed by atoms with Gasteiger partial charge in [-0.2, -0.15) is 0 Å². The molecule has 2 fully saturated rings. The molecule has 0 bridgehead atoms. The summed E-state index contributed by atoms with van der Waals surface area (Å²) in [5, 5.41) is 10.2. The second-order valence-electron chi connectivity index (χ2n) is 6.69. The van der Waals surface area contributed by atoms with Gasteiger partial charge in [0.15, 0.2) is 0 Å². The Labute approximate surface area is 137 Å². The van der Waals surface area contributed by atoms with Crippen LogP contribution >= 0.6 is 0 Å². The molecule has 1 spiro atoms. The summed E-state index contributed by atoms with van der Waals surface area (Å²) in [6.07, 6.45) is 2.13. The first-order chi connectivity index (χ1) is 11.0. The van der Waals surface area contributed by atoms with Crippen LogP contribution in [0.15, 0.2) is 18.2 Å². The summed E-state index contributed by atoms with van der Waals surface area (Å²) in [6, 6.07) is 5.53. The van der Waals surface area contributed by atoms with Crippen molar-refractivity contribution in [2.45, 2.75) is 38.4 Å². The predicted molar refractivity (Wildman–Crippen MR) is 86.7 cm³/mol. The SMILES string of the molecule is COc1ccc(C(=O)N2CCC3(CC2)[C@@H](O)C[C@H]3OC)cc1C. The molecule has 1 amide bonds. The molecule has 2 aliphatic rings. The van der Waals surface area contributed by atoms with E-state index in [1.807, 2.05) is 30.0 Å². The summed E-state index contributed by atoms with van der Waals surface area (Å²) in [5.41, 5.74) is 1.50. The first-order valence-electron chi connectivity index (χ1n) is 8.16. The van der Waals surface area contributed by atoms with E-state index in [4.69, 9.17) is 9.47 Å². The van der Waals surface area contributed by atoms with Gasteiger partial charge in [0.05, 0.1) is 19.3 Å². The van der Waals surface area contributed by atoms with Crippen molar-refractivity contribution in [2.75, 3.05) is 27.3 Å². The van der Waals surface area contributed by atoms with E-state index < -0.39 is 0 Å². The molecule has 23 heavy (non-hydrogen) atoms. The fourth-order valence-electron chi connectivity index (χ4n) is 4.03. The monoisotopic (exact) mass is 319 g/mol. The lowest BCUT2D eigenvalue weighted by atomic mass is 9.58. The molecule has 1 heterocycles. The molecule has 1 aliphatic heterocycles. The van der Waals surface area contributed by atoms with Crippen LogP contribution in [0.4, 0.5) is 0 Å². The van der Waals surface area contributed by atoms with Gasteiger partial charge in [0, 0.05) is 37.6 Å². The number of benzene rings is 1. The van der Waals surface area contributed by atoms with Crippen molar-refractivity contribution in [2.24, 2.45) is 5.41 Å². The Kier molecular flexibility index (Phi) is 4.34. The Balaban J connectivity index is 1.68. The molecule has 0 radical (unpaired) electrons. The van der Waals surface area contributed by atoms with Gasteiger partial charge in [0.25, 0.3) is 5.91 Å². The third-order valence-electron chi connectivity index (χ3n) is 5.65. The van der Waals surface area contributed by atoms with Gasteiger partial charge in [0.2, 0.25) is 0 Å². The summed E-state index contributed by atoms with van der Waals surface area (Å²) in [7, 11) is 3.33.